The van der Waals surface area contributed by atoms with Gasteiger partial charge in [-0.25, -0.2) is 13.1 Å². The molecule has 0 radical (unpaired) electrons. The topological polar surface area (TPSA) is 73.8 Å². The Balaban J connectivity index is 1.79. The fourth-order valence-corrected chi connectivity index (χ4v) is 3.49. The smallest absolute Gasteiger partial charge is 0.213 e. The highest BCUT2D eigenvalue weighted by molar-refractivity contribution is 7.89. The Hall–Kier alpha value is -2.38. The van der Waals surface area contributed by atoms with Crippen molar-refractivity contribution in [1.29, 1.82) is 0 Å². The number of aliphatic imine (C=N–C) groups is 1. The van der Waals surface area contributed by atoms with Gasteiger partial charge in [0.15, 0.2) is 5.96 Å². The molecular formula is C20H28N4O2S. The van der Waals surface area contributed by atoms with E-state index < -0.39 is 10.0 Å². The zero-order chi connectivity index (χ0) is 19.7. The van der Waals surface area contributed by atoms with Gasteiger partial charge in [0.05, 0.1) is 5.75 Å². The number of aryl methyl sites for hydroxylation is 1. The van der Waals surface area contributed by atoms with Crippen LogP contribution in [0.5, 0.6) is 0 Å². The molecule has 7 heteroatoms. The highest BCUT2D eigenvalue weighted by atomic mass is 32.2. The Kier molecular flexibility index (Phi) is 7.82. The van der Waals surface area contributed by atoms with E-state index in [9.17, 15) is 8.42 Å². The molecule has 0 atom stereocenters. The Bertz CT molecular complexity index is 834. The molecule has 0 spiro atoms. The number of rotatable bonds is 8. The number of nitrogens with one attached hydrogen (secondary N) is 2. The van der Waals surface area contributed by atoms with E-state index in [2.05, 4.69) is 46.2 Å². The summed E-state index contributed by atoms with van der Waals surface area (Å²) in [6.07, 6.45) is 0. The molecule has 2 N–H and O–H groups in total. The second-order valence-electron chi connectivity index (χ2n) is 6.44. The zero-order valence-electron chi connectivity index (χ0n) is 16.1. The van der Waals surface area contributed by atoms with E-state index >= 15 is 0 Å². The molecule has 2 aromatic rings. The summed E-state index contributed by atoms with van der Waals surface area (Å²) in [6.45, 7) is 3.33. The summed E-state index contributed by atoms with van der Waals surface area (Å²) < 4.78 is 26.9. The molecule has 27 heavy (non-hydrogen) atoms. The van der Waals surface area contributed by atoms with Crippen molar-refractivity contribution in [2.45, 2.75) is 20.0 Å². The van der Waals surface area contributed by atoms with Crippen LogP contribution in [0.15, 0.2) is 59.6 Å². The van der Waals surface area contributed by atoms with E-state index in [-0.39, 0.29) is 12.3 Å². The highest BCUT2D eigenvalue weighted by Crippen LogP contribution is 2.06. The quantitative estimate of drug-likeness (QED) is 0.537. The first-order chi connectivity index (χ1) is 12.9. The van der Waals surface area contributed by atoms with Crippen LogP contribution in [-0.4, -0.2) is 45.7 Å². The van der Waals surface area contributed by atoms with Crippen LogP contribution in [0.2, 0.25) is 0 Å². The maximum Gasteiger partial charge on any atom is 0.213 e. The summed E-state index contributed by atoms with van der Waals surface area (Å²) in [5, 5.41) is 3.11. The van der Waals surface area contributed by atoms with E-state index in [0.717, 1.165) is 5.56 Å². The molecule has 0 unspecified atom stereocenters. The molecule has 0 aliphatic rings. The minimum absolute atomic E-state index is 0.0166. The van der Waals surface area contributed by atoms with Gasteiger partial charge in [0.2, 0.25) is 10.0 Å². The number of sulfonamides is 1. The molecule has 2 rings (SSSR count). The number of hydrogen-bond acceptors (Lipinski definition) is 3. The molecule has 6 nitrogen and oxygen atoms in total. The molecule has 0 aliphatic heterocycles. The van der Waals surface area contributed by atoms with Crippen LogP contribution < -0.4 is 10.0 Å². The van der Waals surface area contributed by atoms with Gasteiger partial charge in [-0.1, -0.05) is 60.2 Å². The normalized spacial score (nSPS) is 12.0. The summed E-state index contributed by atoms with van der Waals surface area (Å²) in [7, 11) is 0.259. The van der Waals surface area contributed by atoms with Crippen molar-refractivity contribution in [3.8, 4) is 0 Å². The van der Waals surface area contributed by atoms with Crippen molar-refractivity contribution in [2.24, 2.45) is 4.99 Å². The summed E-state index contributed by atoms with van der Waals surface area (Å²) in [6, 6.07) is 17.8. The summed E-state index contributed by atoms with van der Waals surface area (Å²) >= 11 is 0. The van der Waals surface area contributed by atoms with Crippen molar-refractivity contribution in [3.63, 3.8) is 0 Å². The van der Waals surface area contributed by atoms with Crippen LogP contribution in [0.4, 0.5) is 0 Å². The van der Waals surface area contributed by atoms with E-state index in [1.54, 1.807) is 7.05 Å². The van der Waals surface area contributed by atoms with Gasteiger partial charge < -0.3 is 10.2 Å². The Morgan fingerprint density at radius 2 is 1.70 bits per heavy atom. The van der Waals surface area contributed by atoms with Gasteiger partial charge in [0, 0.05) is 33.7 Å². The van der Waals surface area contributed by atoms with E-state index in [1.807, 2.05) is 42.3 Å². The Morgan fingerprint density at radius 1 is 1.04 bits per heavy atom. The maximum absolute atomic E-state index is 12.2. The predicted molar refractivity (Wildman–Crippen MR) is 111 cm³/mol. The molecule has 2 aromatic carbocycles. The largest absolute Gasteiger partial charge is 0.355 e. The minimum atomic E-state index is -3.36. The lowest BCUT2D eigenvalue weighted by atomic mass is 10.1. The van der Waals surface area contributed by atoms with Gasteiger partial charge >= 0.3 is 0 Å². The first-order valence-electron chi connectivity index (χ1n) is 8.88. The van der Waals surface area contributed by atoms with Crippen molar-refractivity contribution in [2.75, 3.05) is 26.4 Å². The molecule has 0 bridgehead atoms. The summed E-state index contributed by atoms with van der Waals surface area (Å²) in [5.74, 6) is 0.644. The zero-order valence-corrected chi connectivity index (χ0v) is 17.0. The van der Waals surface area contributed by atoms with E-state index in [0.29, 0.717) is 19.0 Å². The first kappa shape index (κ1) is 20.9. The maximum atomic E-state index is 12.2. The van der Waals surface area contributed by atoms with Crippen LogP contribution in [0.3, 0.4) is 0 Å². The lowest BCUT2D eigenvalue weighted by Gasteiger charge is -2.22. The lowest BCUT2D eigenvalue weighted by Crippen LogP contribution is -2.41. The molecule has 0 saturated carbocycles. The molecule has 0 saturated heterocycles. The predicted octanol–water partition coefficient (Wildman–Crippen LogP) is 2.12. The standard InChI is InChI=1S/C20H28N4O2S/c1-17-9-11-19(12-10-17)16-24(3)20(21-2)22-13-14-27(25,26)23-15-18-7-5-4-6-8-18/h4-12,23H,13-16H2,1-3H3,(H,21,22). The van der Waals surface area contributed by atoms with E-state index in [1.165, 1.54) is 11.1 Å². The second kappa shape index (κ2) is 10.1. The lowest BCUT2D eigenvalue weighted by molar-refractivity contribution is 0.478. The van der Waals surface area contributed by atoms with Gasteiger partial charge in [-0.05, 0) is 18.1 Å². The molecule has 0 fully saturated rings. The third kappa shape index (κ3) is 7.40. The average molecular weight is 389 g/mol. The van der Waals surface area contributed by atoms with Gasteiger partial charge in [0.25, 0.3) is 0 Å². The van der Waals surface area contributed by atoms with Crippen molar-refractivity contribution < 1.29 is 8.42 Å². The van der Waals surface area contributed by atoms with Crippen molar-refractivity contribution in [3.05, 3.63) is 71.3 Å². The third-order valence-corrected chi connectivity index (χ3v) is 5.43. The van der Waals surface area contributed by atoms with Crippen LogP contribution in [-0.2, 0) is 23.1 Å². The molecule has 146 valence electrons. The number of guanidine groups is 1. The monoisotopic (exact) mass is 388 g/mol. The Labute approximate surface area is 162 Å². The summed E-state index contributed by atoms with van der Waals surface area (Å²) in [5.41, 5.74) is 3.32. The van der Waals surface area contributed by atoms with Crippen LogP contribution in [0, 0.1) is 6.92 Å². The van der Waals surface area contributed by atoms with Crippen molar-refractivity contribution in [1.82, 2.24) is 14.9 Å². The van der Waals surface area contributed by atoms with E-state index in [4.69, 9.17) is 0 Å². The Morgan fingerprint density at radius 3 is 2.33 bits per heavy atom. The SMILES string of the molecule is CN=C(NCCS(=O)(=O)NCc1ccccc1)N(C)Cc1ccc(C)cc1. The van der Waals surface area contributed by atoms with Gasteiger partial charge in [-0.3, -0.25) is 4.99 Å². The molecule has 0 aliphatic carbocycles. The van der Waals surface area contributed by atoms with Crippen LogP contribution in [0.1, 0.15) is 16.7 Å². The molecular weight excluding hydrogens is 360 g/mol. The minimum Gasteiger partial charge on any atom is -0.355 e. The molecule has 0 heterocycles. The fourth-order valence-electron chi connectivity index (χ4n) is 2.59. The molecule has 0 aromatic heterocycles. The summed E-state index contributed by atoms with van der Waals surface area (Å²) in [4.78, 5) is 6.20. The highest BCUT2D eigenvalue weighted by Gasteiger charge is 2.12. The second-order valence-corrected chi connectivity index (χ2v) is 8.37. The molecule has 0 amide bonds. The van der Waals surface area contributed by atoms with Gasteiger partial charge in [-0.2, -0.15) is 0 Å². The van der Waals surface area contributed by atoms with Crippen LogP contribution in [0.25, 0.3) is 0 Å². The number of hydrogen-bond donors (Lipinski definition) is 2. The van der Waals surface area contributed by atoms with Crippen LogP contribution >= 0.6 is 0 Å². The first-order valence-corrected chi connectivity index (χ1v) is 10.5. The third-order valence-electron chi connectivity index (χ3n) is 4.11. The number of benzene rings is 2. The number of nitrogens with zero attached hydrogens (tertiary/aromatic N) is 2. The fraction of sp³-hybridized carbons (Fsp3) is 0.350. The average Bonchev–Trinajstić information content (AvgIpc) is 2.66. The van der Waals surface area contributed by atoms with Gasteiger partial charge in [0.1, 0.15) is 0 Å². The van der Waals surface area contributed by atoms with Crippen molar-refractivity contribution >= 4 is 16.0 Å². The van der Waals surface area contributed by atoms with Gasteiger partial charge in [-0.15, -0.1) is 0 Å².